The molecule has 1 fully saturated rings. The number of hydrogen-bond acceptors (Lipinski definition) is 6. The molecule has 0 radical (unpaired) electrons. The maximum Gasteiger partial charge on any atom is 0.243 e. The minimum absolute atomic E-state index is 0.0403. The fourth-order valence-corrected chi connectivity index (χ4v) is 4.36. The molecule has 1 aromatic carbocycles. The van der Waals surface area contributed by atoms with E-state index in [1.54, 1.807) is 42.6 Å². The van der Waals surface area contributed by atoms with Crippen molar-refractivity contribution in [3.8, 4) is 11.6 Å². The molecule has 1 saturated heterocycles. The summed E-state index contributed by atoms with van der Waals surface area (Å²) in [6.45, 7) is 4.63. The van der Waals surface area contributed by atoms with E-state index in [0.29, 0.717) is 24.7 Å². The topological polar surface area (TPSA) is 81.6 Å². The van der Waals surface area contributed by atoms with E-state index in [9.17, 15) is 8.42 Å². The van der Waals surface area contributed by atoms with Crippen LogP contribution in [-0.2, 0) is 10.0 Å². The summed E-state index contributed by atoms with van der Waals surface area (Å²) in [5, 5.41) is 7.67. The van der Waals surface area contributed by atoms with Crippen LogP contribution in [0, 0.1) is 0 Å². The number of rotatable bonds is 6. The van der Waals surface area contributed by atoms with Gasteiger partial charge >= 0.3 is 0 Å². The summed E-state index contributed by atoms with van der Waals surface area (Å²) in [6, 6.07) is 9.99. The van der Waals surface area contributed by atoms with Gasteiger partial charge in [0.05, 0.1) is 17.5 Å². The summed E-state index contributed by atoms with van der Waals surface area (Å²) in [7, 11) is -3.57. The molecule has 2 aromatic rings. The quantitative estimate of drug-likeness (QED) is 0.769. The fraction of sp³-hybridized carbons (Fsp3) is 0.444. The highest BCUT2D eigenvalue weighted by Crippen LogP contribution is 2.24. The van der Waals surface area contributed by atoms with E-state index in [0.717, 1.165) is 12.8 Å². The van der Waals surface area contributed by atoms with Crippen LogP contribution in [0.2, 0.25) is 0 Å². The van der Waals surface area contributed by atoms with Crippen molar-refractivity contribution in [1.29, 1.82) is 0 Å². The molecule has 0 saturated carbocycles. The van der Waals surface area contributed by atoms with E-state index in [2.05, 4.69) is 10.2 Å². The van der Waals surface area contributed by atoms with Crippen LogP contribution in [-0.4, -0.2) is 48.2 Å². The van der Waals surface area contributed by atoms with Crippen molar-refractivity contribution >= 4 is 10.0 Å². The lowest BCUT2D eigenvalue weighted by molar-refractivity contribution is 0.123. The third kappa shape index (κ3) is 4.50. The molecule has 2 heterocycles. The summed E-state index contributed by atoms with van der Waals surface area (Å²) in [4.78, 5) is 0.258. The predicted molar refractivity (Wildman–Crippen MR) is 96.6 cm³/mol. The summed E-state index contributed by atoms with van der Waals surface area (Å²) in [5.41, 5.74) is 0. The van der Waals surface area contributed by atoms with Gasteiger partial charge in [-0.25, -0.2) is 8.42 Å². The van der Waals surface area contributed by atoms with Gasteiger partial charge < -0.3 is 9.47 Å². The van der Waals surface area contributed by atoms with Gasteiger partial charge in [-0.15, -0.1) is 5.10 Å². The number of sulfonamides is 1. The highest BCUT2D eigenvalue weighted by molar-refractivity contribution is 7.89. The molecule has 140 valence electrons. The van der Waals surface area contributed by atoms with Gasteiger partial charge in [0.2, 0.25) is 15.9 Å². The summed E-state index contributed by atoms with van der Waals surface area (Å²) in [5.74, 6) is 1.06. The van der Waals surface area contributed by atoms with Gasteiger partial charge in [0.15, 0.2) is 0 Å². The van der Waals surface area contributed by atoms with Crippen molar-refractivity contribution < 1.29 is 17.9 Å². The molecule has 1 aliphatic heterocycles. The number of benzene rings is 1. The largest absolute Gasteiger partial charge is 0.491 e. The lowest BCUT2D eigenvalue weighted by atomic mass is 10.1. The zero-order valence-corrected chi connectivity index (χ0v) is 15.7. The molecule has 7 nitrogen and oxygen atoms in total. The van der Waals surface area contributed by atoms with Crippen LogP contribution in [0.15, 0.2) is 47.5 Å². The van der Waals surface area contributed by atoms with Crippen LogP contribution < -0.4 is 9.47 Å². The molecule has 0 N–H and O–H groups in total. The minimum atomic E-state index is -3.57. The summed E-state index contributed by atoms with van der Waals surface area (Å²) >= 11 is 0. The average molecular weight is 377 g/mol. The zero-order valence-electron chi connectivity index (χ0n) is 14.9. The van der Waals surface area contributed by atoms with Crippen LogP contribution in [0.1, 0.15) is 26.7 Å². The fourth-order valence-electron chi connectivity index (χ4n) is 2.85. The number of ether oxygens (including phenoxy) is 2. The maximum atomic E-state index is 12.9. The predicted octanol–water partition coefficient (Wildman–Crippen LogP) is 2.50. The summed E-state index contributed by atoms with van der Waals surface area (Å²) < 4.78 is 38.7. The average Bonchev–Trinajstić information content (AvgIpc) is 2.63. The van der Waals surface area contributed by atoms with Crippen LogP contribution in [0.5, 0.6) is 11.6 Å². The SMILES string of the molecule is CC(C)Oc1ccc(S(=O)(=O)N2CCCC(Oc3cccnn3)C2)cc1. The molecule has 3 rings (SSSR count). The van der Waals surface area contributed by atoms with E-state index in [-0.39, 0.29) is 17.1 Å². The Morgan fingerprint density at radius 2 is 1.96 bits per heavy atom. The smallest absolute Gasteiger partial charge is 0.243 e. The molecule has 8 heteroatoms. The Morgan fingerprint density at radius 1 is 1.19 bits per heavy atom. The lowest BCUT2D eigenvalue weighted by Gasteiger charge is -2.31. The zero-order chi connectivity index (χ0) is 18.6. The second kappa shape index (κ2) is 8.01. The van der Waals surface area contributed by atoms with Crippen molar-refractivity contribution in [2.75, 3.05) is 13.1 Å². The van der Waals surface area contributed by atoms with Crippen LogP contribution in [0.4, 0.5) is 0 Å². The third-order valence-corrected chi connectivity index (χ3v) is 5.89. The first kappa shape index (κ1) is 18.6. The first-order valence-corrected chi connectivity index (χ1v) is 10.1. The number of hydrogen-bond donors (Lipinski definition) is 0. The van der Waals surface area contributed by atoms with E-state index in [4.69, 9.17) is 9.47 Å². The van der Waals surface area contributed by atoms with Gasteiger partial charge in [-0.1, -0.05) is 0 Å². The normalized spacial score (nSPS) is 18.7. The molecule has 1 unspecified atom stereocenters. The third-order valence-electron chi connectivity index (χ3n) is 4.01. The molecule has 1 atom stereocenters. The highest BCUT2D eigenvalue weighted by Gasteiger charge is 2.31. The molecule has 26 heavy (non-hydrogen) atoms. The van der Waals surface area contributed by atoms with Crippen LogP contribution in [0.25, 0.3) is 0 Å². The number of piperidine rings is 1. The van der Waals surface area contributed by atoms with Gasteiger partial charge in [0, 0.05) is 18.8 Å². The first-order valence-electron chi connectivity index (χ1n) is 8.66. The van der Waals surface area contributed by atoms with Crippen molar-refractivity contribution in [3.05, 3.63) is 42.6 Å². The molecular weight excluding hydrogens is 354 g/mol. The standard InChI is InChI=1S/C18H23N3O4S/c1-14(2)24-15-7-9-17(10-8-15)26(22,23)21-12-4-5-16(13-21)25-18-6-3-11-19-20-18/h3,6-11,14,16H,4-5,12-13H2,1-2H3. The molecule has 0 aliphatic carbocycles. The second-order valence-corrected chi connectivity index (χ2v) is 8.38. The van der Waals surface area contributed by atoms with Crippen LogP contribution >= 0.6 is 0 Å². The van der Waals surface area contributed by atoms with E-state index >= 15 is 0 Å². The Hall–Kier alpha value is -2.19. The van der Waals surface area contributed by atoms with Crippen molar-refractivity contribution in [2.45, 2.75) is 43.8 Å². The first-order chi connectivity index (χ1) is 12.4. The highest BCUT2D eigenvalue weighted by atomic mass is 32.2. The Labute approximate surface area is 154 Å². The number of aromatic nitrogens is 2. The molecular formula is C18H23N3O4S. The van der Waals surface area contributed by atoms with Gasteiger partial charge in [0.25, 0.3) is 0 Å². The molecule has 0 bridgehead atoms. The summed E-state index contributed by atoms with van der Waals surface area (Å²) in [6.07, 6.45) is 2.89. The monoisotopic (exact) mass is 377 g/mol. The Kier molecular flexibility index (Phi) is 5.73. The maximum absolute atomic E-state index is 12.9. The van der Waals surface area contributed by atoms with Crippen molar-refractivity contribution in [3.63, 3.8) is 0 Å². The molecule has 1 aromatic heterocycles. The molecule has 0 amide bonds. The second-order valence-electron chi connectivity index (χ2n) is 6.45. The van der Waals surface area contributed by atoms with E-state index in [1.807, 2.05) is 13.8 Å². The van der Waals surface area contributed by atoms with Gasteiger partial charge in [0.1, 0.15) is 11.9 Å². The van der Waals surface area contributed by atoms with Gasteiger partial charge in [-0.2, -0.15) is 9.40 Å². The van der Waals surface area contributed by atoms with Crippen LogP contribution in [0.3, 0.4) is 0 Å². The van der Waals surface area contributed by atoms with Gasteiger partial charge in [-0.05, 0) is 57.0 Å². The van der Waals surface area contributed by atoms with E-state index in [1.165, 1.54) is 4.31 Å². The van der Waals surface area contributed by atoms with Crippen molar-refractivity contribution in [1.82, 2.24) is 14.5 Å². The minimum Gasteiger partial charge on any atom is -0.491 e. The Bertz CT molecular complexity index is 810. The van der Waals surface area contributed by atoms with Crippen molar-refractivity contribution in [2.24, 2.45) is 0 Å². The Balaban J connectivity index is 1.70. The lowest BCUT2D eigenvalue weighted by Crippen LogP contribution is -2.44. The molecule has 0 spiro atoms. The van der Waals surface area contributed by atoms with E-state index < -0.39 is 10.0 Å². The number of nitrogens with zero attached hydrogens (tertiary/aromatic N) is 3. The molecule has 1 aliphatic rings. The Morgan fingerprint density at radius 3 is 2.62 bits per heavy atom. The van der Waals surface area contributed by atoms with Gasteiger partial charge in [-0.3, -0.25) is 0 Å².